The van der Waals surface area contributed by atoms with E-state index >= 15 is 0 Å². The van der Waals surface area contributed by atoms with E-state index in [2.05, 4.69) is 20.8 Å². The zero-order valence-electron chi connectivity index (χ0n) is 9.29. The van der Waals surface area contributed by atoms with Crippen LogP contribution in [0, 0.1) is 17.8 Å². The highest BCUT2D eigenvalue weighted by Crippen LogP contribution is 2.33. The van der Waals surface area contributed by atoms with Gasteiger partial charge in [0.05, 0.1) is 6.10 Å². The highest BCUT2D eigenvalue weighted by Gasteiger charge is 2.24. The summed E-state index contributed by atoms with van der Waals surface area (Å²) in [5.41, 5.74) is 0. The molecule has 0 aromatic rings. The van der Waals surface area contributed by atoms with Crippen molar-refractivity contribution in [3.05, 3.63) is 0 Å². The fraction of sp³-hybridized carbons (Fsp3) is 1.00. The van der Waals surface area contributed by atoms with Crippen LogP contribution in [0.2, 0.25) is 0 Å². The second-order valence-corrected chi connectivity index (χ2v) is 4.95. The maximum Gasteiger partial charge on any atom is 0.0542 e. The molecule has 0 aliphatic heterocycles. The molecule has 78 valence electrons. The lowest BCUT2D eigenvalue weighted by atomic mass is 9.83. The van der Waals surface area contributed by atoms with Gasteiger partial charge in [-0.25, -0.2) is 0 Å². The number of rotatable bonds is 2. The third kappa shape index (κ3) is 3.30. The molecule has 0 saturated heterocycles. The van der Waals surface area contributed by atoms with E-state index in [0.717, 1.165) is 30.6 Å². The largest absolute Gasteiger partial charge is 0.393 e. The molecular formula is C12H24O. The van der Waals surface area contributed by atoms with Crippen molar-refractivity contribution in [3.8, 4) is 0 Å². The molecule has 0 aromatic carbocycles. The lowest BCUT2D eigenvalue weighted by Gasteiger charge is -2.22. The minimum atomic E-state index is -0.0240. The summed E-state index contributed by atoms with van der Waals surface area (Å²) in [6.45, 7) is 6.91. The summed E-state index contributed by atoms with van der Waals surface area (Å²) in [6, 6.07) is 0. The molecule has 4 unspecified atom stereocenters. The minimum Gasteiger partial charge on any atom is -0.393 e. The van der Waals surface area contributed by atoms with Gasteiger partial charge in [-0.2, -0.15) is 0 Å². The monoisotopic (exact) mass is 184 g/mol. The smallest absolute Gasteiger partial charge is 0.0542 e. The fourth-order valence-corrected chi connectivity index (χ4v) is 2.57. The standard InChI is InChI=1S/C12H24O/c1-4-10(3)11-5-6-12(13)8-9(2)7-11/h9-13H,4-8H2,1-3H3. The number of aliphatic hydroxyl groups excluding tert-OH is 1. The predicted octanol–water partition coefficient (Wildman–Crippen LogP) is 3.22. The molecular weight excluding hydrogens is 160 g/mol. The van der Waals surface area contributed by atoms with E-state index < -0.39 is 0 Å². The zero-order valence-corrected chi connectivity index (χ0v) is 9.29. The Morgan fingerprint density at radius 2 is 2.00 bits per heavy atom. The molecule has 0 aromatic heterocycles. The average molecular weight is 184 g/mol. The van der Waals surface area contributed by atoms with Crippen LogP contribution in [-0.4, -0.2) is 11.2 Å². The lowest BCUT2D eigenvalue weighted by Crippen LogP contribution is -2.12. The van der Waals surface area contributed by atoms with E-state index in [-0.39, 0.29) is 6.10 Å². The summed E-state index contributed by atoms with van der Waals surface area (Å²) in [7, 11) is 0. The maximum atomic E-state index is 9.63. The Labute approximate surface area is 82.5 Å². The van der Waals surface area contributed by atoms with Gasteiger partial charge in [0.2, 0.25) is 0 Å². The third-order valence-corrected chi connectivity index (χ3v) is 3.70. The highest BCUT2D eigenvalue weighted by atomic mass is 16.3. The Morgan fingerprint density at radius 3 is 2.62 bits per heavy atom. The number of aliphatic hydroxyl groups is 1. The first-order valence-electron chi connectivity index (χ1n) is 5.81. The van der Waals surface area contributed by atoms with Crippen molar-refractivity contribution in [2.75, 3.05) is 0 Å². The van der Waals surface area contributed by atoms with E-state index in [0.29, 0.717) is 0 Å². The Balaban J connectivity index is 2.47. The van der Waals surface area contributed by atoms with Gasteiger partial charge in [-0.3, -0.25) is 0 Å². The molecule has 1 saturated carbocycles. The molecule has 1 rings (SSSR count). The van der Waals surface area contributed by atoms with E-state index in [1.807, 2.05) is 0 Å². The molecule has 0 spiro atoms. The van der Waals surface area contributed by atoms with Crippen molar-refractivity contribution >= 4 is 0 Å². The topological polar surface area (TPSA) is 20.2 Å². The van der Waals surface area contributed by atoms with Gasteiger partial charge in [0.1, 0.15) is 0 Å². The third-order valence-electron chi connectivity index (χ3n) is 3.70. The summed E-state index contributed by atoms with van der Waals surface area (Å²) in [5.74, 6) is 2.42. The van der Waals surface area contributed by atoms with Crippen LogP contribution in [0.5, 0.6) is 0 Å². The molecule has 4 atom stereocenters. The number of hydrogen-bond donors (Lipinski definition) is 1. The van der Waals surface area contributed by atoms with Gasteiger partial charge in [0, 0.05) is 0 Å². The van der Waals surface area contributed by atoms with E-state index in [4.69, 9.17) is 0 Å². The van der Waals surface area contributed by atoms with E-state index in [1.165, 1.54) is 19.3 Å². The van der Waals surface area contributed by atoms with Crippen LogP contribution in [-0.2, 0) is 0 Å². The summed E-state index contributed by atoms with van der Waals surface area (Å²) < 4.78 is 0. The zero-order chi connectivity index (χ0) is 9.84. The Hall–Kier alpha value is -0.0400. The van der Waals surface area contributed by atoms with Gasteiger partial charge in [0.25, 0.3) is 0 Å². The Kier molecular flexibility index (Phi) is 4.24. The first-order valence-corrected chi connectivity index (χ1v) is 5.81. The molecule has 13 heavy (non-hydrogen) atoms. The first-order chi connectivity index (χ1) is 6.13. The van der Waals surface area contributed by atoms with Crippen molar-refractivity contribution < 1.29 is 5.11 Å². The van der Waals surface area contributed by atoms with Gasteiger partial charge in [-0.1, -0.05) is 27.2 Å². The Morgan fingerprint density at radius 1 is 1.31 bits per heavy atom. The SMILES string of the molecule is CCC(C)C1CCC(O)CC(C)C1. The molecule has 1 N–H and O–H groups in total. The summed E-state index contributed by atoms with van der Waals surface area (Å²) in [6.07, 6.45) is 5.87. The molecule has 0 amide bonds. The van der Waals surface area contributed by atoms with Crippen LogP contribution in [0.25, 0.3) is 0 Å². The van der Waals surface area contributed by atoms with Gasteiger partial charge in [-0.15, -0.1) is 0 Å². The molecule has 0 heterocycles. The lowest BCUT2D eigenvalue weighted by molar-refractivity contribution is 0.144. The molecule has 0 bridgehead atoms. The molecule has 0 radical (unpaired) electrons. The van der Waals surface area contributed by atoms with Gasteiger partial charge in [-0.05, 0) is 43.4 Å². The normalized spacial score (nSPS) is 38.3. The molecule has 1 nitrogen and oxygen atoms in total. The van der Waals surface area contributed by atoms with Crippen molar-refractivity contribution in [1.82, 2.24) is 0 Å². The maximum absolute atomic E-state index is 9.63. The second-order valence-electron chi connectivity index (χ2n) is 4.95. The van der Waals surface area contributed by atoms with Gasteiger partial charge >= 0.3 is 0 Å². The van der Waals surface area contributed by atoms with Gasteiger partial charge < -0.3 is 5.11 Å². The summed E-state index contributed by atoms with van der Waals surface area (Å²) >= 11 is 0. The summed E-state index contributed by atoms with van der Waals surface area (Å²) in [4.78, 5) is 0. The first kappa shape index (κ1) is 11.0. The minimum absolute atomic E-state index is 0.0240. The van der Waals surface area contributed by atoms with Crippen molar-refractivity contribution in [2.24, 2.45) is 17.8 Å². The quantitative estimate of drug-likeness (QED) is 0.653. The van der Waals surface area contributed by atoms with Crippen molar-refractivity contribution in [1.29, 1.82) is 0 Å². The second kappa shape index (κ2) is 4.99. The molecule has 1 aliphatic rings. The highest BCUT2D eigenvalue weighted by molar-refractivity contribution is 4.76. The molecule has 1 aliphatic carbocycles. The van der Waals surface area contributed by atoms with Crippen LogP contribution in [0.15, 0.2) is 0 Å². The molecule has 1 fully saturated rings. The van der Waals surface area contributed by atoms with Crippen molar-refractivity contribution in [2.45, 2.75) is 59.0 Å². The summed E-state index contributed by atoms with van der Waals surface area (Å²) in [5, 5.41) is 9.63. The molecule has 1 heteroatoms. The van der Waals surface area contributed by atoms with Gasteiger partial charge in [0.15, 0.2) is 0 Å². The predicted molar refractivity (Wildman–Crippen MR) is 56.6 cm³/mol. The van der Waals surface area contributed by atoms with Crippen LogP contribution < -0.4 is 0 Å². The van der Waals surface area contributed by atoms with Crippen molar-refractivity contribution in [3.63, 3.8) is 0 Å². The van der Waals surface area contributed by atoms with Crippen LogP contribution in [0.3, 0.4) is 0 Å². The Bertz CT molecular complexity index is 144. The number of hydrogen-bond acceptors (Lipinski definition) is 1. The average Bonchev–Trinajstić information content (AvgIpc) is 2.25. The van der Waals surface area contributed by atoms with E-state index in [1.54, 1.807) is 0 Å². The van der Waals surface area contributed by atoms with Crippen LogP contribution in [0.4, 0.5) is 0 Å². The van der Waals surface area contributed by atoms with Crippen LogP contribution in [0.1, 0.15) is 52.9 Å². The van der Waals surface area contributed by atoms with E-state index in [9.17, 15) is 5.11 Å². The van der Waals surface area contributed by atoms with Crippen LogP contribution >= 0.6 is 0 Å². The fourth-order valence-electron chi connectivity index (χ4n) is 2.57.